The van der Waals surface area contributed by atoms with Crippen LogP contribution < -0.4 is 10.2 Å². The van der Waals surface area contributed by atoms with E-state index in [0.717, 1.165) is 6.42 Å². The molecule has 0 saturated heterocycles. The van der Waals surface area contributed by atoms with Crippen molar-refractivity contribution >= 4 is 24.5 Å². The number of hydrogen-bond donors (Lipinski definition) is 1. The Morgan fingerprint density at radius 3 is 2.67 bits per heavy atom. The third-order valence-electron chi connectivity index (χ3n) is 4.22. The van der Waals surface area contributed by atoms with Crippen molar-refractivity contribution in [2.45, 2.75) is 51.7 Å². The van der Waals surface area contributed by atoms with Gasteiger partial charge < -0.3 is 14.5 Å². The van der Waals surface area contributed by atoms with Crippen molar-refractivity contribution < 1.29 is 18.9 Å². The molecule has 2 rings (SSSR count). The minimum absolute atomic E-state index is 0.139. The van der Waals surface area contributed by atoms with Crippen LogP contribution in [0.15, 0.2) is 6.07 Å². The normalized spacial score (nSPS) is 15.4. The molecule has 0 aliphatic carbocycles. The van der Waals surface area contributed by atoms with Crippen LogP contribution in [0.25, 0.3) is 0 Å². The topological polar surface area (TPSA) is 38.7 Å². The lowest BCUT2D eigenvalue weighted by Gasteiger charge is -2.37. The van der Waals surface area contributed by atoms with Crippen molar-refractivity contribution in [2.24, 2.45) is 0 Å². The largest absolute Gasteiger partial charge is 0.490 e. The molecule has 0 atom stereocenters. The molecular weight excluding hydrogens is 293 g/mol. The SMILES string of the molecule is CC(C)(O)C(C)(C)OBc1cc(F)c2c(c1Cl)CCCO2. The first-order chi connectivity index (χ1) is 9.63. The first-order valence-electron chi connectivity index (χ1n) is 7.12. The van der Waals surface area contributed by atoms with Gasteiger partial charge >= 0.3 is 7.48 Å². The summed E-state index contributed by atoms with van der Waals surface area (Å²) in [5.74, 6) is -0.148. The zero-order valence-electron chi connectivity index (χ0n) is 12.9. The molecule has 1 aromatic carbocycles. The average Bonchev–Trinajstić information content (AvgIpc) is 2.40. The summed E-state index contributed by atoms with van der Waals surface area (Å²) >= 11 is 6.35. The van der Waals surface area contributed by atoms with Crippen molar-refractivity contribution in [1.29, 1.82) is 0 Å². The molecule has 0 unspecified atom stereocenters. The zero-order chi connectivity index (χ0) is 15.8. The van der Waals surface area contributed by atoms with E-state index < -0.39 is 17.0 Å². The van der Waals surface area contributed by atoms with Crippen LogP contribution in [0.3, 0.4) is 0 Å². The maximum atomic E-state index is 14.1. The Bertz CT molecular complexity index is 541. The molecule has 1 aliphatic heterocycles. The predicted octanol–water partition coefficient (Wildman–Crippen LogP) is 2.35. The number of halogens is 2. The van der Waals surface area contributed by atoms with Gasteiger partial charge in [-0.15, -0.1) is 0 Å². The monoisotopic (exact) mass is 314 g/mol. The standard InChI is InChI=1S/C15H21BClFO3/c1-14(2,19)15(3,4)21-16-10-8-11(18)13-9(12(10)17)6-5-7-20-13/h8,16,19H,5-7H2,1-4H3. The van der Waals surface area contributed by atoms with E-state index >= 15 is 0 Å². The van der Waals surface area contributed by atoms with Gasteiger partial charge in [0.2, 0.25) is 0 Å². The second kappa shape index (κ2) is 5.78. The number of ether oxygens (including phenoxy) is 1. The fraction of sp³-hybridized carbons (Fsp3) is 0.600. The molecule has 1 aliphatic rings. The lowest BCUT2D eigenvalue weighted by Crippen LogP contribution is -2.49. The Labute approximate surface area is 130 Å². The van der Waals surface area contributed by atoms with Crippen LogP contribution in [-0.2, 0) is 11.1 Å². The van der Waals surface area contributed by atoms with Crippen molar-refractivity contribution in [3.8, 4) is 5.75 Å². The molecular formula is C15H21BClFO3. The molecule has 3 nitrogen and oxygen atoms in total. The van der Waals surface area contributed by atoms with E-state index in [-0.39, 0.29) is 13.2 Å². The van der Waals surface area contributed by atoms with E-state index in [2.05, 4.69) is 0 Å². The van der Waals surface area contributed by atoms with E-state index in [1.54, 1.807) is 27.7 Å². The Balaban J connectivity index is 2.24. The van der Waals surface area contributed by atoms with Gasteiger partial charge in [-0.1, -0.05) is 11.6 Å². The Kier molecular flexibility index (Phi) is 4.57. The molecule has 1 aromatic rings. The van der Waals surface area contributed by atoms with E-state index in [4.69, 9.17) is 21.0 Å². The first-order valence-corrected chi connectivity index (χ1v) is 7.50. The number of benzene rings is 1. The fourth-order valence-corrected chi connectivity index (χ4v) is 2.35. The minimum Gasteiger partial charge on any atom is -0.490 e. The number of hydrogen-bond acceptors (Lipinski definition) is 3. The van der Waals surface area contributed by atoms with Gasteiger partial charge in [-0.3, -0.25) is 0 Å². The van der Waals surface area contributed by atoms with E-state index in [0.29, 0.717) is 29.1 Å². The predicted molar refractivity (Wildman–Crippen MR) is 83.5 cm³/mol. The molecule has 0 amide bonds. The average molecular weight is 315 g/mol. The lowest BCUT2D eigenvalue weighted by atomic mass is 9.81. The molecule has 0 radical (unpaired) electrons. The van der Waals surface area contributed by atoms with Crippen LogP contribution in [0.5, 0.6) is 5.75 Å². The van der Waals surface area contributed by atoms with Gasteiger partial charge in [-0.25, -0.2) is 4.39 Å². The number of aliphatic hydroxyl groups is 1. The van der Waals surface area contributed by atoms with Crippen molar-refractivity contribution in [2.75, 3.05) is 6.61 Å². The van der Waals surface area contributed by atoms with E-state index in [9.17, 15) is 9.50 Å². The van der Waals surface area contributed by atoms with Crippen LogP contribution in [0.2, 0.25) is 5.02 Å². The van der Waals surface area contributed by atoms with Gasteiger partial charge in [-0.05, 0) is 52.1 Å². The smallest absolute Gasteiger partial charge is 0.311 e. The fourth-order valence-electron chi connectivity index (χ4n) is 2.06. The molecule has 0 bridgehead atoms. The number of fused-ring (bicyclic) bond motifs is 1. The molecule has 1 heterocycles. The highest BCUT2D eigenvalue weighted by atomic mass is 35.5. The Hall–Kier alpha value is -0.775. The molecule has 0 spiro atoms. The van der Waals surface area contributed by atoms with Crippen LogP contribution in [-0.4, -0.2) is 30.4 Å². The van der Waals surface area contributed by atoms with Crippen LogP contribution in [0, 0.1) is 5.82 Å². The highest BCUT2D eigenvalue weighted by molar-refractivity contribution is 6.54. The van der Waals surface area contributed by atoms with Gasteiger partial charge in [0.15, 0.2) is 11.6 Å². The van der Waals surface area contributed by atoms with Gasteiger partial charge in [0.1, 0.15) is 0 Å². The summed E-state index contributed by atoms with van der Waals surface area (Å²) in [6.07, 6.45) is 1.53. The summed E-state index contributed by atoms with van der Waals surface area (Å²) in [6, 6.07) is 1.35. The molecule has 6 heteroatoms. The first kappa shape index (κ1) is 16.6. The lowest BCUT2D eigenvalue weighted by molar-refractivity contribution is -0.0893. The summed E-state index contributed by atoms with van der Waals surface area (Å²) in [7, 11) is 0.139. The summed E-state index contributed by atoms with van der Waals surface area (Å²) in [5, 5.41) is 10.6. The van der Waals surface area contributed by atoms with Crippen LogP contribution >= 0.6 is 11.6 Å². The third-order valence-corrected chi connectivity index (χ3v) is 4.69. The van der Waals surface area contributed by atoms with Crippen LogP contribution in [0.1, 0.15) is 39.7 Å². The Morgan fingerprint density at radius 2 is 2.05 bits per heavy atom. The summed E-state index contributed by atoms with van der Waals surface area (Å²) in [4.78, 5) is 0. The molecule has 0 saturated carbocycles. The van der Waals surface area contributed by atoms with Gasteiger partial charge in [-0.2, -0.15) is 0 Å². The maximum absolute atomic E-state index is 14.1. The molecule has 116 valence electrons. The van der Waals surface area contributed by atoms with E-state index in [1.165, 1.54) is 6.07 Å². The highest BCUT2D eigenvalue weighted by Crippen LogP contribution is 2.33. The van der Waals surface area contributed by atoms with Gasteiger partial charge in [0.05, 0.1) is 17.8 Å². The summed E-state index contributed by atoms with van der Waals surface area (Å²) < 4.78 is 25.2. The summed E-state index contributed by atoms with van der Waals surface area (Å²) in [6.45, 7) is 7.45. The quantitative estimate of drug-likeness (QED) is 0.867. The van der Waals surface area contributed by atoms with Crippen LogP contribution in [0.4, 0.5) is 4.39 Å². The van der Waals surface area contributed by atoms with Crippen molar-refractivity contribution in [1.82, 2.24) is 0 Å². The zero-order valence-corrected chi connectivity index (χ0v) is 13.7. The summed E-state index contributed by atoms with van der Waals surface area (Å²) in [5.41, 5.74) is -0.507. The molecule has 0 fully saturated rings. The Morgan fingerprint density at radius 1 is 1.38 bits per heavy atom. The second-order valence-corrected chi connectivity index (χ2v) is 6.83. The maximum Gasteiger partial charge on any atom is 0.311 e. The van der Waals surface area contributed by atoms with Gasteiger partial charge in [0.25, 0.3) is 0 Å². The van der Waals surface area contributed by atoms with Crippen molar-refractivity contribution in [3.05, 3.63) is 22.5 Å². The number of rotatable bonds is 4. The highest BCUT2D eigenvalue weighted by Gasteiger charge is 2.36. The molecule has 21 heavy (non-hydrogen) atoms. The molecule has 0 aromatic heterocycles. The third kappa shape index (κ3) is 3.36. The minimum atomic E-state index is -1.02. The van der Waals surface area contributed by atoms with E-state index in [1.807, 2.05) is 0 Å². The van der Waals surface area contributed by atoms with Crippen molar-refractivity contribution in [3.63, 3.8) is 0 Å². The van der Waals surface area contributed by atoms with Gasteiger partial charge in [0, 0.05) is 10.6 Å². The molecule has 1 N–H and O–H groups in total. The second-order valence-electron chi connectivity index (χ2n) is 6.45.